The first-order valence-corrected chi connectivity index (χ1v) is 10.1. The van der Waals surface area contributed by atoms with E-state index >= 15 is 0 Å². The molecule has 1 fully saturated rings. The lowest BCUT2D eigenvalue weighted by atomic mass is 9.87. The van der Waals surface area contributed by atoms with Crippen molar-refractivity contribution in [2.24, 2.45) is 10.7 Å². The largest absolute Gasteiger partial charge is 0.450 e. The van der Waals surface area contributed by atoms with Crippen LogP contribution in [0, 0.1) is 0 Å². The van der Waals surface area contributed by atoms with Crippen molar-refractivity contribution in [1.82, 2.24) is 4.98 Å². The highest BCUT2D eigenvalue weighted by Crippen LogP contribution is 2.58. The van der Waals surface area contributed by atoms with Crippen LogP contribution in [0.4, 0.5) is 10.1 Å². The molecule has 0 saturated carbocycles. The molecule has 2 aliphatic heterocycles. The number of aliphatic imine (C=N–C) groups is 1. The molecule has 0 spiro atoms. The second-order valence-electron chi connectivity index (χ2n) is 6.18. The van der Waals surface area contributed by atoms with Crippen molar-refractivity contribution in [1.29, 1.82) is 0 Å². The minimum Gasteiger partial charge on any atom is -0.450 e. The number of alkyl halides is 1. The number of hydrogen-bond donors (Lipinski definition) is 2. The van der Waals surface area contributed by atoms with Gasteiger partial charge in [-0.15, -0.1) is 11.8 Å². The molecule has 1 aromatic carbocycles. The monoisotopic (exact) mass is 460 g/mol. The fraction of sp³-hybridized carbons (Fsp3) is 0.235. The second-order valence-corrected chi connectivity index (χ2v) is 8.68. The Labute approximate surface area is 178 Å². The molecule has 146 valence electrons. The van der Waals surface area contributed by atoms with E-state index in [0.717, 1.165) is 0 Å². The molecule has 0 aliphatic carbocycles. The van der Waals surface area contributed by atoms with Gasteiger partial charge in [0.25, 0.3) is 11.9 Å². The van der Waals surface area contributed by atoms with Crippen molar-refractivity contribution < 1.29 is 13.9 Å². The summed E-state index contributed by atoms with van der Waals surface area (Å²) in [5.74, 6) is -0.544. The van der Waals surface area contributed by atoms with Crippen molar-refractivity contribution in [3.63, 3.8) is 0 Å². The number of rotatable bonds is 4. The maximum atomic E-state index is 14.2. The van der Waals surface area contributed by atoms with E-state index in [-0.39, 0.29) is 27.4 Å². The first-order valence-electron chi connectivity index (χ1n) is 8.00. The molecule has 3 atom stereocenters. The molecule has 6 nitrogen and oxygen atoms in total. The molecule has 2 aromatic rings. The van der Waals surface area contributed by atoms with Crippen molar-refractivity contribution in [2.75, 3.05) is 12.0 Å². The van der Waals surface area contributed by atoms with Gasteiger partial charge in [0.15, 0.2) is 5.44 Å². The van der Waals surface area contributed by atoms with E-state index in [0.29, 0.717) is 21.3 Å². The van der Waals surface area contributed by atoms with E-state index in [1.165, 1.54) is 24.0 Å². The molecule has 4 rings (SSSR count). The first-order chi connectivity index (χ1) is 13.3. The maximum Gasteiger partial charge on any atom is 0.284 e. The van der Waals surface area contributed by atoms with Crippen LogP contribution in [0.2, 0.25) is 15.1 Å². The lowest BCUT2D eigenvalue weighted by molar-refractivity contribution is 0.102. The zero-order chi connectivity index (χ0) is 20.1. The molecule has 1 amide bonds. The highest BCUT2D eigenvalue weighted by atomic mass is 35.5. The quantitative estimate of drug-likeness (QED) is 0.665. The molecule has 0 radical (unpaired) electrons. The zero-order valence-electron chi connectivity index (χ0n) is 14.0. The van der Waals surface area contributed by atoms with Crippen LogP contribution in [-0.2, 0) is 10.3 Å². The summed E-state index contributed by atoms with van der Waals surface area (Å²) in [6.07, 6.45) is 1.32. The van der Waals surface area contributed by atoms with Gasteiger partial charge in [0.2, 0.25) is 0 Å². The zero-order valence-corrected chi connectivity index (χ0v) is 17.0. The number of carbonyl (C=O) groups excluding carboxylic acids is 1. The van der Waals surface area contributed by atoms with E-state index in [1.807, 2.05) is 0 Å². The number of nitrogens with one attached hydrogen (secondary N) is 1. The minimum atomic E-state index is -1.27. The average Bonchev–Trinajstić information content (AvgIpc) is 3.42. The Morgan fingerprint density at radius 2 is 2.11 bits per heavy atom. The Kier molecular flexibility index (Phi) is 5.07. The van der Waals surface area contributed by atoms with Crippen molar-refractivity contribution in [3.8, 4) is 0 Å². The van der Waals surface area contributed by atoms with Gasteiger partial charge >= 0.3 is 0 Å². The fourth-order valence-corrected chi connectivity index (χ4v) is 4.88. The highest BCUT2D eigenvalue weighted by molar-refractivity contribution is 8.07. The third kappa shape index (κ3) is 3.39. The van der Waals surface area contributed by atoms with Gasteiger partial charge in [-0.05, 0) is 24.3 Å². The van der Waals surface area contributed by atoms with E-state index in [1.54, 1.807) is 18.2 Å². The smallest absolute Gasteiger partial charge is 0.284 e. The number of amides is 1. The van der Waals surface area contributed by atoms with Crippen molar-refractivity contribution >= 4 is 64.2 Å². The Balaban J connectivity index is 1.68. The number of amidine groups is 1. The topological polar surface area (TPSA) is 89.6 Å². The summed E-state index contributed by atoms with van der Waals surface area (Å²) in [5.41, 5.74) is 4.98. The van der Waals surface area contributed by atoms with Crippen LogP contribution in [0.15, 0.2) is 35.5 Å². The van der Waals surface area contributed by atoms with Gasteiger partial charge in [0, 0.05) is 22.5 Å². The van der Waals surface area contributed by atoms with Gasteiger partial charge in [-0.2, -0.15) is 0 Å². The number of nitrogens with zero attached hydrogens (tertiary/aromatic N) is 2. The third-order valence-corrected chi connectivity index (χ3v) is 6.46. The number of thioether (sulfide) groups is 1. The number of nitrogens with two attached hydrogens (primary N) is 1. The summed E-state index contributed by atoms with van der Waals surface area (Å²) in [6.45, 7) is -0.813. The third-order valence-electron chi connectivity index (χ3n) is 4.39. The minimum absolute atomic E-state index is 0.00826. The molecule has 3 N–H and O–H groups in total. The van der Waals surface area contributed by atoms with Crippen LogP contribution >= 0.6 is 46.6 Å². The summed E-state index contributed by atoms with van der Waals surface area (Å²) in [4.78, 5) is 20.7. The molecule has 0 bridgehead atoms. The normalized spacial score (nSPS) is 25.4. The summed E-state index contributed by atoms with van der Waals surface area (Å²) >= 11 is 19.6. The number of anilines is 1. The van der Waals surface area contributed by atoms with Gasteiger partial charge < -0.3 is 15.8 Å². The first kappa shape index (κ1) is 19.6. The van der Waals surface area contributed by atoms with Crippen LogP contribution in [0.3, 0.4) is 0 Å². The van der Waals surface area contributed by atoms with Crippen LogP contribution in [0.1, 0.15) is 16.1 Å². The molecule has 3 heterocycles. The lowest BCUT2D eigenvalue weighted by Crippen LogP contribution is -2.42. The van der Waals surface area contributed by atoms with E-state index in [4.69, 9.17) is 45.3 Å². The van der Waals surface area contributed by atoms with Crippen LogP contribution in [0.25, 0.3) is 0 Å². The van der Waals surface area contributed by atoms with Crippen LogP contribution in [0.5, 0.6) is 0 Å². The summed E-state index contributed by atoms with van der Waals surface area (Å²) < 4.78 is 19.5. The maximum absolute atomic E-state index is 14.2. The number of ether oxygens (including phenoxy) is 1. The Hall–Kier alpha value is -1.74. The molecule has 2 aliphatic rings. The van der Waals surface area contributed by atoms with Gasteiger partial charge in [-0.25, -0.2) is 14.4 Å². The van der Waals surface area contributed by atoms with E-state index in [9.17, 15) is 9.18 Å². The summed E-state index contributed by atoms with van der Waals surface area (Å²) in [7, 11) is 0. The SMILES string of the molecule is NC1=N[C@](CF)(c2cc(NC(=O)c3ncc(Cl)cc3Cl)ccc2Cl)[C@H]2S[C@H]2O1. The second kappa shape index (κ2) is 7.26. The van der Waals surface area contributed by atoms with Crippen LogP contribution < -0.4 is 11.1 Å². The summed E-state index contributed by atoms with van der Waals surface area (Å²) in [5, 5.41) is 3.16. The Morgan fingerprint density at radius 3 is 2.82 bits per heavy atom. The summed E-state index contributed by atoms with van der Waals surface area (Å²) in [6, 6.07) is 6.04. The molecule has 11 heteroatoms. The van der Waals surface area contributed by atoms with Crippen molar-refractivity contribution in [3.05, 3.63) is 56.8 Å². The number of carbonyl (C=O) groups is 1. The standard InChI is InChI=1S/C17H12Cl3FN4O2S/c18-7-3-11(20)12(23-5-7)14(26)24-8-1-2-10(19)9(4-8)17(6-21)13-15(28-13)27-16(22)25-17/h1-5,13,15H,6H2,(H2,22,25)(H,24,26)/t13-,15+,17+/m0/s1. The Bertz CT molecular complexity index is 1010. The number of benzene rings is 1. The van der Waals surface area contributed by atoms with E-state index < -0.39 is 18.1 Å². The van der Waals surface area contributed by atoms with Crippen LogP contribution in [-0.4, -0.2) is 34.3 Å². The van der Waals surface area contributed by atoms with E-state index in [2.05, 4.69) is 15.3 Å². The molecular weight excluding hydrogens is 450 g/mol. The molecule has 1 saturated heterocycles. The predicted molar refractivity (Wildman–Crippen MR) is 109 cm³/mol. The Morgan fingerprint density at radius 1 is 1.32 bits per heavy atom. The predicted octanol–water partition coefficient (Wildman–Crippen LogP) is 4.25. The number of aromatic nitrogens is 1. The number of hydrogen-bond acceptors (Lipinski definition) is 6. The fourth-order valence-electron chi connectivity index (χ4n) is 3.03. The van der Waals surface area contributed by atoms with Gasteiger partial charge in [-0.3, -0.25) is 4.79 Å². The lowest BCUT2D eigenvalue weighted by Gasteiger charge is -2.30. The van der Waals surface area contributed by atoms with Gasteiger partial charge in [-0.1, -0.05) is 34.8 Å². The number of pyridine rings is 1. The number of fused-ring (bicyclic) bond motifs is 1. The van der Waals surface area contributed by atoms with Gasteiger partial charge in [0.1, 0.15) is 17.9 Å². The molecule has 1 aromatic heterocycles. The number of halogens is 4. The molecular formula is C17H12Cl3FN4O2S. The molecule has 0 unspecified atom stereocenters. The molecule has 28 heavy (non-hydrogen) atoms. The van der Waals surface area contributed by atoms with Gasteiger partial charge in [0.05, 0.1) is 15.3 Å². The van der Waals surface area contributed by atoms with Crippen molar-refractivity contribution in [2.45, 2.75) is 16.2 Å². The highest BCUT2D eigenvalue weighted by Gasteiger charge is 2.61. The average molecular weight is 462 g/mol.